The summed E-state index contributed by atoms with van der Waals surface area (Å²) in [6.07, 6.45) is 1.54. The van der Waals surface area contributed by atoms with Crippen molar-refractivity contribution in [1.82, 2.24) is 19.9 Å². The van der Waals surface area contributed by atoms with E-state index in [-0.39, 0.29) is 28.8 Å². The second kappa shape index (κ2) is 6.68. The van der Waals surface area contributed by atoms with Crippen molar-refractivity contribution in [1.29, 1.82) is 0 Å². The van der Waals surface area contributed by atoms with Crippen molar-refractivity contribution in [3.8, 4) is 0 Å². The number of hydrogen-bond acceptors (Lipinski definition) is 7. The molecule has 8 heteroatoms. The Kier molecular flexibility index (Phi) is 4.42. The first-order valence-corrected chi connectivity index (χ1v) is 7.83. The number of rotatable bonds is 5. The van der Waals surface area contributed by atoms with Crippen LogP contribution in [0.5, 0.6) is 0 Å². The molecule has 0 bridgehead atoms. The molecule has 0 saturated carbocycles. The number of nitrogens with two attached hydrogens (primary N) is 1. The van der Waals surface area contributed by atoms with E-state index in [0.29, 0.717) is 17.8 Å². The summed E-state index contributed by atoms with van der Waals surface area (Å²) in [5, 5.41) is 3.18. The molecule has 0 amide bonds. The van der Waals surface area contributed by atoms with Crippen LogP contribution in [-0.4, -0.2) is 25.7 Å². The standard InChI is InChI=1S/C17H18N6O2/c1-9(2)14(24)10-3-5-11(6-4-10)19-7-12-8-20-15-13(21-12)16(25)23-17(18)22-15/h3-6,8-9,19H,7H2,1-2H3,(H3,18,20,22,23,25). The summed E-state index contributed by atoms with van der Waals surface area (Å²) < 4.78 is 0. The van der Waals surface area contributed by atoms with Crippen LogP contribution < -0.4 is 16.6 Å². The van der Waals surface area contributed by atoms with Gasteiger partial charge < -0.3 is 11.1 Å². The quantitative estimate of drug-likeness (QED) is 0.605. The van der Waals surface area contributed by atoms with Crippen molar-refractivity contribution in [3.63, 3.8) is 0 Å². The minimum absolute atomic E-state index is 0.00806. The molecule has 0 aliphatic rings. The predicted octanol–water partition coefficient (Wildman–Crippen LogP) is 1.75. The van der Waals surface area contributed by atoms with Gasteiger partial charge in [0.25, 0.3) is 5.56 Å². The molecule has 0 aliphatic heterocycles. The second-order valence-corrected chi connectivity index (χ2v) is 5.93. The molecule has 2 aromatic heterocycles. The number of aromatic nitrogens is 4. The van der Waals surface area contributed by atoms with Crippen LogP contribution in [0, 0.1) is 5.92 Å². The van der Waals surface area contributed by atoms with E-state index >= 15 is 0 Å². The van der Waals surface area contributed by atoms with E-state index in [9.17, 15) is 9.59 Å². The van der Waals surface area contributed by atoms with Gasteiger partial charge in [0.2, 0.25) is 5.95 Å². The largest absolute Gasteiger partial charge is 0.379 e. The van der Waals surface area contributed by atoms with Crippen molar-refractivity contribution >= 4 is 28.6 Å². The fourth-order valence-corrected chi connectivity index (χ4v) is 2.33. The Labute approximate surface area is 143 Å². The van der Waals surface area contributed by atoms with Crippen LogP contribution in [0.15, 0.2) is 35.3 Å². The van der Waals surface area contributed by atoms with Gasteiger partial charge in [-0.05, 0) is 24.3 Å². The number of H-pyrrole nitrogens is 1. The van der Waals surface area contributed by atoms with Gasteiger partial charge in [0.1, 0.15) is 0 Å². The first-order valence-electron chi connectivity index (χ1n) is 7.83. The van der Waals surface area contributed by atoms with Crippen molar-refractivity contribution in [2.24, 2.45) is 5.92 Å². The molecule has 0 radical (unpaired) electrons. The number of anilines is 2. The molecule has 0 aliphatic carbocycles. The normalized spacial score (nSPS) is 11.0. The van der Waals surface area contributed by atoms with Gasteiger partial charge in [-0.3, -0.25) is 14.6 Å². The molecule has 3 aromatic rings. The van der Waals surface area contributed by atoms with Crippen LogP contribution in [0.3, 0.4) is 0 Å². The zero-order chi connectivity index (χ0) is 18.0. The van der Waals surface area contributed by atoms with E-state index < -0.39 is 5.56 Å². The fraction of sp³-hybridized carbons (Fsp3) is 0.235. The topological polar surface area (TPSA) is 127 Å². The molecule has 128 valence electrons. The highest BCUT2D eigenvalue weighted by Crippen LogP contribution is 2.14. The Balaban J connectivity index is 1.74. The third-order valence-electron chi connectivity index (χ3n) is 3.65. The van der Waals surface area contributed by atoms with Gasteiger partial charge in [-0.1, -0.05) is 13.8 Å². The van der Waals surface area contributed by atoms with Crippen molar-refractivity contribution < 1.29 is 4.79 Å². The first kappa shape index (κ1) is 16.6. The number of benzene rings is 1. The fourth-order valence-electron chi connectivity index (χ4n) is 2.33. The molecular weight excluding hydrogens is 320 g/mol. The summed E-state index contributed by atoms with van der Waals surface area (Å²) in [6, 6.07) is 7.24. The van der Waals surface area contributed by atoms with Crippen LogP contribution in [0.2, 0.25) is 0 Å². The maximum atomic E-state index is 11.9. The van der Waals surface area contributed by atoms with E-state index in [2.05, 4.69) is 25.3 Å². The summed E-state index contributed by atoms with van der Waals surface area (Å²) in [7, 11) is 0. The molecule has 0 spiro atoms. The van der Waals surface area contributed by atoms with Gasteiger partial charge in [-0.2, -0.15) is 4.98 Å². The van der Waals surface area contributed by atoms with Crippen molar-refractivity contribution in [3.05, 3.63) is 52.1 Å². The predicted molar refractivity (Wildman–Crippen MR) is 95.3 cm³/mol. The van der Waals surface area contributed by atoms with E-state index in [4.69, 9.17) is 5.73 Å². The average molecular weight is 338 g/mol. The van der Waals surface area contributed by atoms with Crippen LogP contribution in [0.1, 0.15) is 29.9 Å². The smallest absolute Gasteiger partial charge is 0.280 e. The Morgan fingerprint density at radius 3 is 2.64 bits per heavy atom. The number of Topliss-reactive ketones (excluding diaryl/α,β-unsaturated/α-hetero) is 1. The number of nitrogens with zero attached hydrogens (tertiary/aromatic N) is 3. The summed E-state index contributed by atoms with van der Waals surface area (Å²) in [6.45, 7) is 4.12. The number of nitrogens with one attached hydrogen (secondary N) is 2. The molecule has 0 saturated heterocycles. The van der Waals surface area contributed by atoms with E-state index in [0.717, 1.165) is 5.69 Å². The highest BCUT2D eigenvalue weighted by atomic mass is 16.1. The lowest BCUT2D eigenvalue weighted by molar-refractivity contribution is 0.0939. The molecule has 4 N–H and O–H groups in total. The third-order valence-corrected chi connectivity index (χ3v) is 3.65. The number of carbonyl (C=O) groups is 1. The van der Waals surface area contributed by atoms with E-state index in [1.165, 1.54) is 6.20 Å². The maximum Gasteiger partial charge on any atom is 0.280 e. The van der Waals surface area contributed by atoms with Gasteiger partial charge in [-0.25, -0.2) is 9.97 Å². The number of aromatic amines is 1. The number of ketones is 1. The second-order valence-electron chi connectivity index (χ2n) is 5.93. The molecule has 1 aromatic carbocycles. The van der Waals surface area contributed by atoms with Crippen LogP contribution >= 0.6 is 0 Å². The van der Waals surface area contributed by atoms with Crippen LogP contribution in [0.4, 0.5) is 11.6 Å². The molecule has 0 fully saturated rings. The third kappa shape index (κ3) is 3.63. The highest BCUT2D eigenvalue weighted by Gasteiger charge is 2.10. The van der Waals surface area contributed by atoms with Gasteiger partial charge in [0.05, 0.1) is 18.4 Å². The zero-order valence-corrected chi connectivity index (χ0v) is 13.9. The zero-order valence-electron chi connectivity index (χ0n) is 13.9. The summed E-state index contributed by atoms with van der Waals surface area (Å²) in [5.74, 6) is 0.0825. The number of carbonyl (C=O) groups excluding carboxylic acids is 1. The van der Waals surface area contributed by atoms with Gasteiger partial charge in [0, 0.05) is 17.2 Å². The number of nitrogen functional groups attached to an aromatic ring is 1. The molecule has 2 heterocycles. The van der Waals surface area contributed by atoms with Gasteiger partial charge in [-0.15, -0.1) is 0 Å². The Bertz CT molecular complexity index is 979. The molecule has 3 rings (SSSR count). The lowest BCUT2D eigenvalue weighted by atomic mass is 10.0. The molecule has 0 atom stereocenters. The SMILES string of the molecule is CC(C)C(=O)c1ccc(NCc2cnc3nc(N)[nH]c(=O)c3n2)cc1. The average Bonchev–Trinajstić information content (AvgIpc) is 2.60. The van der Waals surface area contributed by atoms with Crippen LogP contribution in [-0.2, 0) is 6.54 Å². The Morgan fingerprint density at radius 1 is 1.24 bits per heavy atom. The molecule has 0 unspecified atom stereocenters. The monoisotopic (exact) mass is 338 g/mol. The first-order chi connectivity index (χ1) is 11.9. The number of hydrogen-bond donors (Lipinski definition) is 3. The Hall–Kier alpha value is -3.29. The summed E-state index contributed by atoms with van der Waals surface area (Å²) in [4.78, 5) is 38.5. The minimum atomic E-state index is -0.423. The Morgan fingerprint density at radius 2 is 1.96 bits per heavy atom. The maximum absolute atomic E-state index is 11.9. The minimum Gasteiger partial charge on any atom is -0.379 e. The summed E-state index contributed by atoms with van der Waals surface area (Å²) in [5.41, 5.74) is 7.52. The lowest BCUT2D eigenvalue weighted by Gasteiger charge is -2.08. The van der Waals surface area contributed by atoms with Crippen LogP contribution in [0.25, 0.3) is 11.2 Å². The molecule has 25 heavy (non-hydrogen) atoms. The van der Waals surface area contributed by atoms with E-state index in [1.807, 2.05) is 26.0 Å². The summed E-state index contributed by atoms with van der Waals surface area (Å²) >= 11 is 0. The van der Waals surface area contributed by atoms with Crippen molar-refractivity contribution in [2.45, 2.75) is 20.4 Å². The van der Waals surface area contributed by atoms with Crippen molar-refractivity contribution in [2.75, 3.05) is 11.1 Å². The lowest BCUT2D eigenvalue weighted by Crippen LogP contribution is -2.15. The molecular formula is C17H18N6O2. The number of fused-ring (bicyclic) bond motifs is 1. The van der Waals surface area contributed by atoms with E-state index in [1.54, 1.807) is 12.1 Å². The highest BCUT2D eigenvalue weighted by molar-refractivity contribution is 5.97. The van der Waals surface area contributed by atoms with Gasteiger partial charge in [0.15, 0.2) is 16.9 Å². The molecule has 8 nitrogen and oxygen atoms in total. The van der Waals surface area contributed by atoms with Gasteiger partial charge >= 0.3 is 0 Å².